The van der Waals surface area contributed by atoms with Crippen molar-refractivity contribution in [2.75, 3.05) is 24.3 Å². The zero-order valence-corrected chi connectivity index (χ0v) is 14.4. The fourth-order valence-electron chi connectivity index (χ4n) is 2.24. The molecule has 0 saturated carbocycles. The first-order valence-corrected chi connectivity index (χ1v) is 8.72. The lowest BCUT2D eigenvalue weighted by Gasteiger charge is -2.22. The molecule has 2 heterocycles. The number of amides is 1. The van der Waals surface area contributed by atoms with Crippen molar-refractivity contribution in [2.24, 2.45) is 0 Å². The summed E-state index contributed by atoms with van der Waals surface area (Å²) < 4.78 is 45.9. The van der Waals surface area contributed by atoms with Crippen LogP contribution in [0.5, 0.6) is 0 Å². The number of nitrogens with zero attached hydrogens (tertiary/aromatic N) is 1. The van der Waals surface area contributed by atoms with Crippen LogP contribution in [-0.4, -0.2) is 41.0 Å². The minimum absolute atomic E-state index is 0.0149. The number of ether oxygens (including phenoxy) is 1. The normalized spacial score (nSPS) is 18.8. The van der Waals surface area contributed by atoms with Gasteiger partial charge in [0, 0.05) is 25.0 Å². The van der Waals surface area contributed by atoms with Crippen molar-refractivity contribution in [1.82, 2.24) is 5.16 Å². The highest BCUT2D eigenvalue weighted by molar-refractivity contribution is 8.01. The van der Waals surface area contributed by atoms with Gasteiger partial charge in [-0.2, -0.15) is 13.2 Å². The molecule has 0 aliphatic carbocycles. The van der Waals surface area contributed by atoms with Gasteiger partial charge in [-0.1, -0.05) is 5.16 Å². The summed E-state index contributed by atoms with van der Waals surface area (Å²) in [6, 6.07) is 1.67. The summed E-state index contributed by atoms with van der Waals surface area (Å²) in [5.41, 5.74) is 0.735. The van der Waals surface area contributed by atoms with Crippen molar-refractivity contribution < 1.29 is 27.2 Å². The van der Waals surface area contributed by atoms with Crippen LogP contribution in [0.15, 0.2) is 10.6 Å². The van der Waals surface area contributed by atoms with Crippen LogP contribution < -0.4 is 5.32 Å². The molecule has 24 heavy (non-hydrogen) atoms. The summed E-state index contributed by atoms with van der Waals surface area (Å²) in [5, 5.41) is 6.57. The van der Waals surface area contributed by atoms with Crippen LogP contribution in [0.2, 0.25) is 0 Å². The second kappa shape index (κ2) is 7.77. The molecule has 0 aromatic carbocycles. The van der Waals surface area contributed by atoms with Crippen molar-refractivity contribution in [1.29, 1.82) is 0 Å². The lowest BCUT2D eigenvalue weighted by Crippen LogP contribution is -2.34. The third-order valence-corrected chi connectivity index (χ3v) is 5.13. The van der Waals surface area contributed by atoms with E-state index in [1.165, 1.54) is 11.8 Å². The molecule has 0 spiro atoms. The second-order valence-corrected chi connectivity index (χ2v) is 7.93. The summed E-state index contributed by atoms with van der Waals surface area (Å²) >= 11 is 1.18. The van der Waals surface area contributed by atoms with Gasteiger partial charge in [-0.05, 0) is 32.4 Å². The van der Waals surface area contributed by atoms with Crippen LogP contribution in [0, 0.1) is 0 Å². The molecule has 1 aliphatic heterocycles. The Bertz CT molecular complexity index is 554. The number of hydrogen-bond acceptors (Lipinski definition) is 5. The number of rotatable bonds is 7. The predicted octanol–water partition coefficient (Wildman–Crippen LogP) is 3.97. The maximum absolute atomic E-state index is 12.3. The molecule has 0 radical (unpaired) electrons. The van der Waals surface area contributed by atoms with Gasteiger partial charge in [0.2, 0.25) is 11.8 Å². The highest BCUT2D eigenvalue weighted by Gasteiger charge is 2.31. The van der Waals surface area contributed by atoms with E-state index in [-0.39, 0.29) is 29.9 Å². The van der Waals surface area contributed by atoms with Crippen molar-refractivity contribution >= 4 is 23.6 Å². The summed E-state index contributed by atoms with van der Waals surface area (Å²) in [4.78, 5) is 12.3. The SMILES string of the molecule is CC(C)(SCCCC(F)(F)F)C(=O)Nc1cc(C2CCOC2)no1. The maximum Gasteiger partial charge on any atom is 0.389 e. The number of thioether (sulfide) groups is 1. The minimum atomic E-state index is -4.16. The van der Waals surface area contributed by atoms with Crippen molar-refractivity contribution in [3.63, 3.8) is 0 Å². The topological polar surface area (TPSA) is 64.4 Å². The first-order chi connectivity index (χ1) is 11.2. The Morgan fingerprint density at radius 3 is 2.83 bits per heavy atom. The number of anilines is 1. The molecule has 1 saturated heterocycles. The average Bonchev–Trinajstić information content (AvgIpc) is 3.13. The maximum atomic E-state index is 12.3. The van der Waals surface area contributed by atoms with Gasteiger partial charge in [0.1, 0.15) is 0 Å². The van der Waals surface area contributed by atoms with E-state index in [1.807, 2.05) is 0 Å². The van der Waals surface area contributed by atoms with Gasteiger partial charge in [-0.25, -0.2) is 0 Å². The number of nitrogens with one attached hydrogen (secondary N) is 1. The first-order valence-electron chi connectivity index (χ1n) is 7.74. The van der Waals surface area contributed by atoms with Crippen LogP contribution in [0.1, 0.15) is 44.7 Å². The Kier molecular flexibility index (Phi) is 6.19. The molecule has 1 N–H and O–H groups in total. The average molecular weight is 366 g/mol. The monoisotopic (exact) mass is 366 g/mol. The van der Waals surface area contributed by atoms with Gasteiger partial charge in [-0.15, -0.1) is 11.8 Å². The largest absolute Gasteiger partial charge is 0.389 e. The van der Waals surface area contributed by atoms with Gasteiger partial charge >= 0.3 is 6.18 Å². The third-order valence-electron chi connectivity index (χ3n) is 3.73. The molecule has 1 aromatic heterocycles. The smallest absolute Gasteiger partial charge is 0.381 e. The van der Waals surface area contributed by atoms with E-state index in [0.29, 0.717) is 13.2 Å². The van der Waals surface area contributed by atoms with E-state index in [0.717, 1.165) is 12.1 Å². The number of hydrogen-bond donors (Lipinski definition) is 1. The Labute approximate surface area is 142 Å². The number of aromatic nitrogens is 1. The Balaban J connectivity index is 1.81. The zero-order valence-electron chi connectivity index (χ0n) is 13.6. The summed E-state index contributed by atoms with van der Waals surface area (Å²) in [6.45, 7) is 4.60. The number of carbonyl (C=O) groups excluding carboxylic acids is 1. The molecule has 2 rings (SSSR count). The lowest BCUT2D eigenvalue weighted by atomic mass is 10.1. The number of halogens is 3. The molecular weight excluding hydrogens is 345 g/mol. The van der Waals surface area contributed by atoms with E-state index < -0.39 is 17.3 Å². The van der Waals surface area contributed by atoms with E-state index in [2.05, 4.69) is 10.5 Å². The van der Waals surface area contributed by atoms with E-state index >= 15 is 0 Å². The standard InChI is InChI=1S/C15H21F3N2O3S/c1-14(2,24-7-3-5-15(16,17)18)13(21)19-12-8-11(20-23-12)10-4-6-22-9-10/h8,10H,3-7,9H2,1-2H3,(H,19,21). The zero-order chi connectivity index (χ0) is 17.8. The van der Waals surface area contributed by atoms with Crippen LogP contribution in [0.25, 0.3) is 0 Å². The highest BCUT2D eigenvalue weighted by atomic mass is 32.2. The molecule has 1 fully saturated rings. The molecule has 1 amide bonds. The molecule has 1 aliphatic rings. The van der Waals surface area contributed by atoms with Gasteiger partial charge in [0.15, 0.2) is 0 Å². The third kappa shape index (κ3) is 5.70. The van der Waals surface area contributed by atoms with Crippen molar-refractivity contribution in [2.45, 2.75) is 50.0 Å². The molecule has 9 heteroatoms. The van der Waals surface area contributed by atoms with Gasteiger partial charge < -0.3 is 9.26 Å². The predicted molar refractivity (Wildman–Crippen MR) is 85.1 cm³/mol. The molecule has 1 atom stereocenters. The number of alkyl halides is 3. The second-order valence-electron chi connectivity index (χ2n) is 6.21. The van der Waals surface area contributed by atoms with E-state index in [4.69, 9.17) is 9.26 Å². The lowest BCUT2D eigenvalue weighted by molar-refractivity contribution is -0.134. The molecule has 136 valence electrons. The Hall–Kier alpha value is -1.22. The quantitative estimate of drug-likeness (QED) is 0.740. The molecule has 1 unspecified atom stereocenters. The van der Waals surface area contributed by atoms with Gasteiger partial charge in [0.05, 0.1) is 17.0 Å². The minimum Gasteiger partial charge on any atom is -0.381 e. The molecular formula is C15H21F3N2O3S. The van der Waals surface area contributed by atoms with E-state index in [9.17, 15) is 18.0 Å². The van der Waals surface area contributed by atoms with Crippen LogP contribution >= 0.6 is 11.8 Å². The molecule has 0 bridgehead atoms. The van der Waals surface area contributed by atoms with Gasteiger partial charge in [0.25, 0.3) is 0 Å². The molecule has 1 aromatic rings. The van der Waals surface area contributed by atoms with Crippen LogP contribution in [0.3, 0.4) is 0 Å². The Morgan fingerprint density at radius 2 is 2.21 bits per heavy atom. The summed E-state index contributed by atoms with van der Waals surface area (Å²) in [7, 11) is 0. The summed E-state index contributed by atoms with van der Waals surface area (Å²) in [6.07, 6.45) is -4.15. The Morgan fingerprint density at radius 1 is 1.46 bits per heavy atom. The fraction of sp³-hybridized carbons (Fsp3) is 0.733. The fourth-order valence-corrected chi connectivity index (χ4v) is 3.22. The van der Waals surface area contributed by atoms with Crippen LogP contribution in [-0.2, 0) is 9.53 Å². The highest BCUT2D eigenvalue weighted by Crippen LogP contribution is 2.31. The first kappa shape index (κ1) is 19.1. The van der Waals surface area contributed by atoms with E-state index in [1.54, 1.807) is 19.9 Å². The van der Waals surface area contributed by atoms with Crippen LogP contribution in [0.4, 0.5) is 19.1 Å². The van der Waals surface area contributed by atoms with Gasteiger partial charge in [-0.3, -0.25) is 10.1 Å². The number of carbonyl (C=O) groups is 1. The summed E-state index contributed by atoms with van der Waals surface area (Å²) in [5.74, 6) is 0.334. The van der Waals surface area contributed by atoms with Crippen molar-refractivity contribution in [3.8, 4) is 0 Å². The molecule has 5 nitrogen and oxygen atoms in total. The van der Waals surface area contributed by atoms with Crippen molar-refractivity contribution in [3.05, 3.63) is 11.8 Å².